The van der Waals surface area contributed by atoms with Gasteiger partial charge < -0.3 is 4.90 Å². The monoisotopic (exact) mass is 187 g/mol. The number of benzene rings is 1. The summed E-state index contributed by atoms with van der Waals surface area (Å²) >= 11 is 0. The second-order valence-electron chi connectivity index (χ2n) is 5.21. The summed E-state index contributed by atoms with van der Waals surface area (Å²) in [5, 5.41) is 0. The Morgan fingerprint density at radius 3 is 2.36 bits per heavy atom. The molecule has 1 heterocycles. The van der Waals surface area contributed by atoms with E-state index in [2.05, 4.69) is 42.2 Å². The zero-order chi connectivity index (χ0) is 9.60. The lowest BCUT2D eigenvalue weighted by Gasteiger charge is -2.59. The van der Waals surface area contributed by atoms with Crippen LogP contribution >= 0.6 is 0 Å². The molecular weight excluding hydrogens is 170 g/mol. The molecule has 0 amide bonds. The number of nitrogens with zero attached hydrogens (tertiary/aromatic N) is 1. The van der Waals surface area contributed by atoms with Gasteiger partial charge in [-0.3, -0.25) is 0 Å². The second-order valence-corrected chi connectivity index (χ2v) is 5.21. The molecule has 74 valence electrons. The molecule has 3 rings (SSSR count). The van der Waals surface area contributed by atoms with Crippen molar-refractivity contribution in [1.82, 2.24) is 0 Å². The molecule has 0 radical (unpaired) electrons. The van der Waals surface area contributed by atoms with Gasteiger partial charge in [-0.1, -0.05) is 25.1 Å². The molecule has 1 saturated heterocycles. The summed E-state index contributed by atoms with van der Waals surface area (Å²) in [5.41, 5.74) is 2.12. The maximum Gasteiger partial charge on any atom is 0.0366 e. The fourth-order valence-electron chi connectivity index (χ4n) is 3.26. The first-order chi connectivity index (χ1) is 6.77. The van der Waals surface area contributed by atoms with Gasteiger partial charge in [-0.2, -0.15) is 0 Å². The zero-order valence-corrected chi connectivity index (χ0v) is 8.74. The van der Waals surface area contributed by atoms with E-state index in [1.807, 2.05) is 0 Å². The summed E-state index contributed by atoms with van der Waals surface area (Å²) < 4.78 is 0. The zero-order valence-electron chi connectivity index (χ0n) is 8.74. The minimum atomic E-state index is 0.718. The highest BCUT2D eigenvalue weighted by atomic mass is 15.2. The molecular formula is C13H17N. The Morgan fingerprint density at radius 1 is 1.14 bits per heavy atom. The molecule has 0 N–H and O–H groups in total. The Bertz CT molecular complexity index is 316. The van der Waals surface area contributed by atoms with Crippen LogP contribution in [0.3, 0.4) is 0 Å². The molecule has 1 nitrogen and oxygen atoms in total. The molecule has 0 aromatic heterocycles. The fraction of sp³-hybridized carbons (Fsp3) is 0.538. The van der Waals surface area contributed by atoms with Crippen molar-refractivity contribution in [3.63, 3.8) is 0 Å². The quantitative estimate of drug-likeness (QED) is 0.653. The van der Waals surface area contributed by atoms with Crippen molar-refractivity contribution in [1.29, 1.82) is 0 Å². The van der Waals surface area contributed by atoms with Crippen LogP contribution in [0.2, 0.25) is 0 Å². The van der Waals surface area contributed by atoms with Crippen molar-refractivity contribution >= 4 is 5.69 Å². The standard InChI is InChI=1S/C13H17N/c1-11-7-13(8-11)9-14(10-13)12-5-3-2-4-6-12/h2-6,11H,7-10H2,1H3. The topological polar surface area (TPSA) is 3.24 Å². The van der Waals surface area contributed by atoms with Crippen molar-refractivity contribution in [2.45, 2.75) is 19.8 Å². The first kappa shape index (κ1) is 8.34. The highest BCUT2D eigenvalue weighted by molar-refractivity contribution is 5.50. The van der Waals surface area contributed by atoms with Gasteiger partial charge in [0, 0.05) is 24.2 Å². The first-order valence-corrected chi connectivity index (χ1v) is 5.57. The highest BCUT2D eigenvalue weighted by Crippen LogP contribution is 2.52. The van der Waals surface area contributed by atoms with Crippen LogP contribution in [0.4, 0.5) is 5.69 Å². The summed E-state index contributed by atoms with van der Waals surface area (Å²) in [4.78, 5) is 2.51. The van der Waals surface area contributed by atoms with Crippen molar-refractivity contribution in [3.05, 3.63) is 30.3 Å². The van der Waals surface area contributed by atoms with Gasteiger partial charge in [0.25, 0.3) is 0 Å². The van der Waals surface area contributed by atoms with E-state index in [0.29, 0.717) is 0 Å². The van der Waals surface area contributed by atoms with Gasteiger partial charge >= 0.3 is 0 Å². The average Bonchev–Trinajstić information content (AvgIpc) is 2.10. The van der Waals surface area contributed by atoms with Crippen LogP contribution in [-0.4, -0.2) is 13.1 Å². The molecule has 14 heavy (non-hydrogen) atoms. The maximum atomic E-state index is 2.51. The van der Waals surface area contributed by atoms with E-state index in [4.69, 9.17) is 0 Å². The van der Waals surface area contributed by atoms with Crippen LogP contribution in [0.1, 0.15) is 19.8 Å². The predicted molar refractivity (Wildman–Crippen MR) is 59.5 cm³/mol. The Hall–Kier alpha value is -0.980. The van der Waals surface area contributed by atoms with E-state index in [0.717, 1.165) is 11.3 Å². The van der Waals surface area contributed by atoms with Gasteiger partial charge in [-0.25, -0.2) is 0 Å². The van der Waals surface area contributed by atoms with E-state index in [-0.39, 0.29) is 0 Å². The summed E-state index contributed by atoms with van der Waals surface area (Å²) in [6.07, 6.45) is 2.91. The van der Waals surface area contributed by atoms with Crippen molar-refractivity contribution in [3.8, 4) is 0 Å². The smallest absolute Gasteiger partial charge is 0.0366 e. The minimum Gasteiger partial charge on any atom is -0.370 e. The third-order valence-electron chi connectivity index (χ3n) is 3.74. The van der Waals surface area contributed by atoms with Crippen LogP contribution < -0.4 is 4.90 Å². The SMILES string of the molecule is CC1CC2(C1)CN(c1ccccc1)C2. The number of anilines is 1. The fourth-order valence-corrected chi connectivity index (χ4v) is 3.26. The van der Waals surface area contributed by atoms with Crippen LogP contribution in [0, 0.1) is 11.3 Å². The van der Waals surface area contributed by atoms with Gasteiger partial charge in [-0.05, 0) is 30.9 Å². The molecule has 1 heteroatoms. The maximum absolute atomic E-state index is 2.51. The molecule has 1 aromatic rings. The van der Waals surface area contributed by atoms with Gasteiger partial charge in [0.1, 0.15) is 0 Å². The third kappa shape index (κ3) is 1.15. The van der Waals surface area contributed by atoms with E-state index in [1.165, 1.54) is 31.6 Å². The summed E-state index contributed by atoms with van der Waals surface area (Å²) in [7, 11) is 0. The molecule has 1 aromatic carbocycles. The second kappa shape index (κ2) is 2.75. The van der Waals surface area contributed by atoms with Gasteiger partial charge in [0.05, 0.1) is 0 Å². The lowest BCUT2D eigenvalue weighted by Crippen LogP contribution is -2.62. The molecule has 1 spiro atoms. The predicted octanol–water partition coefficient (Wildman–Crippen LogP) is 2.92. The minimum absolute atomic E-state index is 0.718. The average molecular weight is 187 g/mol. The lowest BCUT2D eigenvalue weighted by molar-refractivity contribution is 0.0337. The Balaban J connectivity index is 1.65. The number of hydrogen-bond donors (Lipinski definition) is 0. The van der Waals surface area contributed by atoms with Gasteiger partial charge in [0.2, 0.25) is 0 Å². The van der Waals surface area contributed by atoms with Crippen LogP contribution in [-0.2, 0) is 0 Å². The van der Waals surface area contributed by atoms with E-state index in [9.17, 15) is 0 Å². The molecule has 2 aliphatic rings. The van der Waals surface area contributed by atoms with Crippen LogP contribution in [0.15, 0.2) is 30.3 Å². The van der Waals surface area contributed by atoms with Gasteiger partial charge in [0.15, 0.2) is 0 Å². The van der Waals surface area contributed by atoms with E-state index >= 15 is 0 Å². The molecule has 0 bridgehead atoms. The Kier molecular flexibility index (Phi) is 1.64. The number of para-hydroxylation sites is 1. The van der Waals surface area contributed by atoms with E-state index in [1.54, 1.807) is 0 Å². The van der Waals surface area contributed by atoms with E-state index < -0.39 is 0 Å². The lowest BCUT2D eigenvalue weighted by atomic mass is 9.58. The normalized spacial score (nSPS) is 24.5. The Morgan fingerprint density at radius 2 is 1.79 bits per heavy atom. The third-order valence-corrected chi connectivity index (χ3v) is 3.74. The first-order valence-electron chi connectivity index (χ1n) is 5.57. The number of hydrogen-bond acceptors (Lipinski definition) is 1. The molecule has 0 atom stereocenters. The van der Waals surface area contributed by atoms with Gasteiger partial charge in [-0.15, -0.1) is 0 Å². The molecule has 1 saturated carbocycles. The van der Waals surface area contributed by atoms with Crippen LogP contribution in [0.25, 0.3) is 0 Å². The summed E-state index contributed by atoms with van der Waals surface area (Å²) in [6, 6.07) is 10.8. The molecule has 1 aliphatic carbocycles. The molecule has 2 fully saturated rings. The summed E-state index contributed by atoms with van der Waals surface area (Å²) in [5.74, 6) is 0.980. The Labute approximate surface area is 85.7 Å². The summed E-state index contributed by atoms with van der Waals surface area (Å²) in [6.45, 7) is 4.96. The largest absolute Gasteiger partial charge is 0.370 e. The molecule has 0 unspecified atom stereocenters. The highest BCUT2D eigenvalue weighted by Gasteiger charge is 2.50. The van der Waals surface area contributed by atoms with Crippen molar-refractivity contribution in [2.24, 2.45) is 11.3 Å². The number of rotatable bonds is 1. The van der Waals surface area contributed by atoms with Crippen LogP contribution in [0.5, 0.6) is 0 Å². The van der Waals surface area contributed by atoms with Crippen molar-refractivity contribution < 1.29 is 0 Å². The van der Waals surface area contributed by atoms with Crippen molar-refractivity contribution in [2.75, 3.05) is 18.0 Å². The molecule has 1 aliphatic heterocycles.